The van der Waals surface area contributed by atoms with Crippen molar-refractivity contribution >= 4 is 11.9 Å². The van der Waals surface area contributed by atoms with Gasteiger partial charge in [-0.05, 0) is 18.1 Å². The number of carboxylic acid groups (broad SMARTS) is 1. The van der Waals surface area contributed by atoms with E-state index in [0.717, 1.165) is 12.8 Å². The molecule has 0 aromatic heterocycles. The summed E-state index contributed by atoms with van der Waals surface area (Å²) in [5.74, 6) is -2.00. The van der Waals surface area contributed by atoms with Crippen LogP contribution in [-0.2, 0) is 16.0 Å². The van der Waals surface area contributed by atoms with Gasteiger partial charge in [-0.2, -0.15) is 0 Å². The van der Waals surface area contributed by atoms with E-state index in [2.05, 4.69) is 5.32 Å². The molecule has 0 saturated carbocycles. The lowest BCUT2D eigenvalue weighted by atomic mass is 10.1. The molecule has 0 fully saturated rings. The van der Waals surface area contributed by atoms with E-state index in [-0.39, 0.29) is 12.0 Å². The first-order valence-electron chi connectivity index (χ1n) is 6.30. The molecule has 1 rings (SSSR count). The molecule has 104 valence electrons. The van der Waals surface area contributed by atoms with Crippen molar-refractivity contribution in [2.24, 2.45) is 0 Å². The average molecular weight is 267 g/mol. The number of aliphatic carboxylic acids is 1. The Hall–Kier alpha value is -1.91. The first kappa shape index (κ1) is 15.1. The molecule has 1 aromatic carbocycles. The Morgan fingerprint density at radius 1 is 1.37 bits per heavy atom. The van der Waals surface area contributed by atoms with Crippen molar-refractivity contribution in [3.8, 4) is 0 Å². The van der Waals surface area contributed by atoms with Crippen LogP contribution < -0.4 is 5.32 Å². The number of hydrogen-bond donors (Lipinski definition) is 2. The Morgan fingerprint density at radius 3 is 2.63 bits per heavy atom. The second-order valence-corrected chi connectivity index (χ2v) is 4.37. The number of carbonyl (C=O) groups excluding carboxylic acids is 1. The lowest BCUT2D eigenvalue weighted by molar-refractivity contribution is -0.142. The van der Waals surface area contributed by atoms with E-state index in [4.69, 9.17) is 5.11 Å². The first-order chi connectivity index (χ1) is 9.04. The number of rotatable bonds is 7. The largest absolute Gasteiger partial charge is 0.480 e. The highest BCUT2D eigenvalue weighted by atomic mass is 19.1. The first-order valence-corrected chi connectivity index (χ1v) is 6.30. The van der Waals surface area contributed by atoms with Crippen LogP contribution in [0.2, 0.25) is 0 Å². The van der Waals surface area contributed by atoms with Crippen LogP contribution in [-0.4, -0.2) is 23.0 Å². The molecular weight excluding hydrogens is 249 g/mol. The second-order valence-electron chi connectivity index (χ2n) is 4.37. The Labute approximate surface area is 111 Å². The van der Waals surface area contributed by atoms with Crippen LogP contribution >= 0.6 is 0 Å². The number of nitrogens with one attached hydrogen (secondary N) is 1. The maximum atomic E-state index is 13.4. The number of amides is 1. The topological polar surface area (TPSA) is 66.4 Å². The summed E-state index contributed by atoms with van der Waals surface area (Å²) in [6.45, 7) is 1.94. The lowest BCUT2D eigenvalue weighted by Gasteiger charge is -2.14. The molecule has 1 aromatic rings. The molecule has 5 heteroatoms. The quantitative estimate of drug-likeness (QED) is 0.795. The van der Waals surface area contributed by atoms with Gasteiger partial charge in [0.15, 0.2) is 0 Å². The Bertz CT molecular complexity index is 448. The predicted molar refractivity (Wildman–Crippen MR) is 69.2 cm³/mol. The van der Waals surface area contributed by atoms with E-state index in [0.29, 0.717) is 6.42 Å². The van der Waals surface area contributed by atoms with Gasteiger partial charge in [0.1, 0.15) is 11.9 Å². The van der Waals surface area contributed by atoms with Gasteiger partial charge in [0.05, 0.1) is 6.42 Å². The summed E-state index contributed by atoms with van der Waals surface area (Å²) < 4.78 is 13.4. The van der Waals surface area contributed by atoms with Gasteiger partial charge in [-0.1, -0.05) is 38.0 Å². The van der Waals surface area contributed by atoms with Crippen molar-refractivity contribution < 1.29 is 19.1 Å². The van der Waals surface area contributed by atoms with Crippen LogP contribution in [0.3, 0.4) is 0 Å². The van der Waals surface area contributed by atoms with Crippen LogP contribution in [0.5, 0.6) is 0 Å². The average Bonchev–Trinajstić information content (AvgIpc) is 2.37. The van der Waals surface area contributed by atoms with Crippen molar-refractivity contribution in [1.29, 1.82) is 0 Å². The molecule has 4 nitrogen and oxygen atoms in total. The minimum absolute atomic E-state index is 0.150. The van der Waals surface area contributed by atoms with Gasteiger partial charge in [-0.3, -0.25) is 4.79 Å². The summed E-state index contributed by atoms with van der Waals surface area (Å²) in [6.07, 6.45) is 1.81. The van der Waals surface area contributed by atoms with Crippen LogP contribution in [0.1, 0.15) is 31.7 Å². The summed E-state index contributed by atoms with van der Waals surface area (Å²) >= 11 is 0. The monoisotopic (exact) mass is 267 g/mol. The smallest absolute Gasteiger partial charge is 0.326 e. The van der Waals surface area contributed by atoms with Crippen molar-refractivity contribution in [2.75, 3.05) is 0 Å². The van der Waals surface area contributed by atoms with Gasteiger partial charge >= 0.3 is 5.97 Å². The molecule has 1 atom stereocenters. The summed E-state index contributed by atoms with van der Waals surface area (Å²) in [5.41, 5.74) is 0.264. The minimum Gasteiger partial charge on any atom is -0.480 e. The normalized spacial score (nSPS) is 11.9. The zero-order chi connectivity index (χ0) is 14.3. The van der Waals surface area contributed by atoms with Gasteiger partial charge in [-0.25, -0.2) is 9.18 Å². The fourth-order valence-corrected chi connectivity index (χ4v) is 1.73. The standard InChI is InChI=1S/C14H18FNO3/c1-2-3-8-12(14(18)19)16-13(17)9-10-6-4-5-7-11(10)15/h4-7,12H,2-3,8-9H2,1H3,(H,16,17)(H,18,19). The van der Waals surface area contributed by atoms with E-state index in [9.17, 15) is 14.0 Å². The van der Waals surface area contributed by atoms with E-state index in [1.165, 1.54) is 18.2 Å². The molecule has 1 unspecified atom stereocenters. The lowest BCUT2D eigenvalue weighted by Crippen LogP contribution is -2.41. The summed E-state index contributed by atoms with van der Waals surface area (Å²) in [7, 11) is 0. The number of unbranched alkanes of at least 4 members (excludes halogenated alkanes) is 1. The third-order valence-corrected chi connectivity index (χ3v) is 2.79. The molecule has 0 heterocycles. The molecule has 2 N–H and O–H groups in total. The third-order valence-electron chi connectivity index (χ3n) is 2.79. The maximum absolute atomic E-state index is 13.4. The number of hydrogen-bond acceptors (Lipinski definition) is 2. The second kappa shape index (κ2) is 7.51. The highest BCUT2D eigenvalue weighted by Crippen LogP contribution is 2.08. The molecule has 1 amide bonds. The molecule has 19 heavy (non-hydrogen) atoms. The van der Waals surface area contributed by atoms with E-state index in [1.807, 2.05) is 6.92 Å². The number of carboxylic acids is 1. The van der Waals surface area contributed by atoms with E-state index >= 15 is 0 Å². The van der Waals surface area contributed by atoms with E-state index in [1.54, 1.807) is 6.07 Å². The number of carbonyl (C=O) groups is 2. The van der Waals surface area contributed by atoms with Crippen molar-refractivity contribution in [3.05, 3.63) is 35.6 Å². The molecule has 0 aliphatic heterocycles. The molecule has 0 spiro atoms. The molecule has 0 radical (unpaired) electrons. The molecular formula is C14H18FNO3. The van der Waals surface area contributed by atoms with Gasteiger partial charge in [0.25, 0.3) is 0 Å². The van der Waals surface area contributed by atoms with Gasteiger partial charge < -0.3 is 10.4 Å². The number of benzene rings is 1. The van der Waals surface area contributed by atoms with Crippen LogP contribution in [0.15, 0.2) is 24.3 Å². The fraction of sp³-hybridized carbons (Fsp3) is 0.429. The molecule has 0 aliphatic carbocycles. The van der Waals surface area contributed by atoms with Crippen molar-refractivity contribution in [2.45, 2.75) is 38.6 Å². The highest BCUT2D eigenvalue weighted by Gasteiger charge is 2.19. The van der Waals surface area contributed by atoms with Crippen LogP contribution in [0.25, 0.3) is 0 Å². The maximum Gasteiger partial charge on any atom is 0.326 e. The fourth-order valence-electron chi connectivity index (χ4n) is 1.73. The Balaban J connectivity index is 2.58. The molecule has 0 aliphatic rings. The highest BCUT2D eigenvalue weighted by molar-refractivity contribution is 5.84. The Morgan fingerprint density at radius 2 is 2.05 bits per heavy atom. The zero-order valence-electron chi connectivity index (χ0n) is 10.9. The predicted octanol–water partition coefficient (Wildman–Crippen LogP) is 2.13. The Kier molecular flexibility index (Phi) is 5.99. The minimum atomic E-state index is -1.06. The van der Waals surface area contributed by atoms with Gasteiger partial charge in [0.2, 0.25) is 5.91 Å². The van der Waals surface area contributed by atoms with Gasteiger partial charge in [-0.15, -0.1) is 0 Å². The number of halogens is 1. The zero-order valence-corrected chi connectivity index (χ0v) is 10.9. The van der Waals surface area contributed by atoms with Crippen LogP contribution in [0.4, 0.5) is 4.39 Å². The molecule has 0 saturated heterocycles. The summed E-state index contributed by atoms with van der Waals surface area (Å²) in [4.78, 5) is 22.7. The van der Waals surface area contributed by atoms with Crippen molar-refractivity contribution in [1.82, 2.24) is 5.32 Å². The molecule has 0 bridgehead atoms. The SMILES string of the molecule is CCCCC(NC(=O)Cc1ccccc1F)C(=O)O. The summed E-state index contributed by atoms with van der Waals surface area (Å²) in [6, 6.07) is 5.06. The van der Waals surface area contributed by atoms with Crippen LogP contribution in [0, 0.1) is 5.82 Å². The van der Waals surface area contributed by atoms with Crippen molar-refractivity contribution in [3.63, 3.8) is 0 Å². The van der Waals surface area contributed by atoms with E-state index < -0.39 is 23.7 Å². The van der Waals surface area contributed by atoms with Gasteiger partial charge in [0, 0.05) is 0 Å². The summed E-state index contributed by atoms with van der Waals surface area (Å²) in [5, 5.41) is 11.4. The third kappa shape index (κ3) is 5.07.